The number of benzene rings is 2. The summed E-state index contributed by atoms with van der Waals surface area (Å²) in [6.45, 7) is 0.412. The molecule has 23 heavy (non-hydrogen) atoms. The molecular formula is C17H18BrNO4. The van der Waals surface area contributed by atoms with Gasteiger partial charge in [0.25, 0.3) is 5.91 Å². The van der Waals surface area contributed by atoms with E-state index < -0.39 is 0 Å². The standard InChI is InChI=1S/C17H18BrNO4/c1-21-14-8-7-13(15(22-2)16(14)23-3)17(20)19-10-11-5-4-6-12(18)9-11/h4-9H,10H2,1-3H3,(H,19,20). The van der Waals surface area contributed by atoms with E-state index in [0.717, 1.165) is 10.0 Å². The van der Waals surface area contributed by atoms with Crippen LogP contribution in [0.25, 0.3) is 0 Å². The van der Waals surface area contributed by atoms with Gasteiger partial charge in [-0.25, -0.2) is 0 Å². The third-order valence-electron chi connectivity index (χ3n) is 3.29. The third kappa shape index (κ3) is 3.96. The molecule has 0 saturated heterocycles. The second-order valence-corrected chi connectivity index (χ2v) is 5.61. The molecule has 0 heterocycles. The molecule has 0 bridgehead atoms. The topological polar surface area (TPSA) is 56.8 Å². The molecule has 2 rings (SSSR count). The van der Waals surface area contributed by atoms with E-state index in [0.29, 0.717) is 29.4 Å². The Hall–Kier alpha value is -2.21. The number of methoxy groups -OCH3 is 3. The highest BCUT2D eigenvalue weighted by Crippen LogP contribution is 2.39. The maximum atomic E-state index is 12.5. The number of hydrogen-bond acceptors (Lipinski definition) is 4. The molecule has 1 amide bonds. The van der Waals surface area contributed by atoms with Crippen LogP contribution in [0.15, 0.2) is 40.9 Å². The highest BCUT2D eigenvalue weighted by atomic mass is 79.9. The molecule has 0 aliphatic rings. The van der Waals surface area contributed by atoms with E-state index in [-0.39, 0.29) is 5.91 Å². The molecule has 0 spiro atoms. The molecule has 5 nitrogen and oxygen atoms in total. The lowest BCUT2D eigenvalue weighted by atomic mass is 10.1. The van der Waals surface area contributed by atoms with Crippen molar-refractivity contribution < 1.29 is 19.0 Å². The molecule has 0 unspecified atom stereocenters. The molecule has 0 aliphatic carbocycles. The lowest BCUT2D eigenvalue weighted by Crippen LogP contribution is -2.23. The SMILES string of the molecule is COc1ccc(C(=O)NCc2cccc(Br)c2)c(OC)c1OC. The normalized spacial score (nSPS) is 10.1. The molecule has 6 heteroatoms. The molecule has 122 valence electrons. The third-order valence-corrected chi connectivity index (χ3v) is 3.78. The van der Waals surface area contributed by atoms with Gasteiger partial charge in [-0.3, -0.25) is 4.79 Å². The van der Waals surface area contributed by atoms with Gasteiger partial charge < -0.3 is 19.5 Å². The van der Waals surface area contributed by atoms with Crippen LogP contribution >= 0.6 is 15.9 Å². The van der Waals surface area contributed by atoms with Crippen molar-refractivity contribution in [3.05, 3.63) is 52.0 Å². The summed E-state index contributed by atoms with van der Waals surface area (Å²) in [6.07, 6.45) is 0. The highest BCUT2D eigenvalue weighted by Gasteiger charge is 2.20. The fourth-order valence-electron chi connectivity index (χ4n) is 2.20. The van der Waals surface area contributed by atoms with E-state index in [4.69, 9.17) is 14.2 Å². The Morgan fingerprint density at radius 3 is 2.39 bits per heavy atom. The first-order chi connectivity index (χ1) is 11.1. The van der Waals surface area contributed by atoms with Gasteiger partial charge >= 0.3 is 0 Å². The van der Waals surface area contributed by atoms with Crippen LogP contribution in [0, 0.1) is 0 Å². The van der Waals surface area contributed by atoms with Gasteiger partial charge in [-0.05, 0) is 29.8 Å². The van der Waals surface area contributed by atoms with Crippen molar-refractivity contribution in [2.24, 2.45) is 0 Å². The quantitative estimate of drug-likeness (QED) is 0.835. The molecule has 0 atom stereocenters. The van der Waals surface area contributed by atoms with E-state index >= 15 is 0 Å². The second kappa shape index (κ2) is 7.87. The first-order valence-electron chi connectivity index (χ1n) is 6.92. The summed E-state index contributed by atoms with van der Waals surface area (Å²) in [5, 5.41) is 2.87. The fraction of sp³-hybridized carbons (Fsp3) is 0.235. The van der Waals surface area contributed by atoms with Crippen molar-refractivity contribution in [3.8, 4) is 17.2 Å². The summed E-state index contributed by atoms with van der Waals surface area (Å²) >= 11 is 3.41. The average molecular weight is 380 g/mol. The van der Waals surface area contributed by atoms with Gasteiger partial charge in [0.1, 0.15) is 0 Å². The van der Waals surface area contributed by atoms with Gasteiger partial charge in [-0.1, -0.05) is 28.1 Å². The summed E-state index contributed by atoms with van der Waals surface area (Å²) < 4.78 is 16.8. The minimum absolute atomic E-state index is 0.247. The fourth-order valence-corrected chi connectivity index (χ4v) is 2.65. The van der Waals surface area contributed by atoms with Gasteiger partial charge in [0.15, 0.2) is 11.5 Å². The summed E-state index contributed by atoms with van der Waals surface area (Å²) in [5.41, 5.74) is 1.38. The average Bonchev–Trinajstić information content (AvgIpc) is 2.58. The number of carbonyl (C=O) groups is 1. The zero-order valence-electron chi connectivity index (χ0n) is 13.2. The van der Waals surface area contributed by atoms with E-state index in [9.17, 15) is 4.79 Å². The van der Waals surface area contributed by atoms with Gasteiger partial charge in [-0.15, -0.1) is 0 Å². The largest absolute Gasteiger partial charge is 0.493 e. The molecule has 0 fully saturated rings. The Kier molecular flexibility index (Phi) is 5.87. The van der Waals surface area contributed by atoms with Crippen LogP contribution < -0.4 is 19.5 Å². The molecular weight excluding hydrogens is 362 g/mol. The maximum Gasteiger partial charge on any atom is 0.255 e. The first kappa shape index (κ1) is 17.1. The van der Waals surface area contributed by atoms with Crippen molar-refractivity contribution in [1.82, 2.24) is 5.32 Å². The molecule has 0 aromatic heterocycles. The Bertz CT molecular complexity index is 703. The summed E-state index contributed by atoms with van der Waals surface area (Å²) in [7, 11) is 4.52. The molecule has 2 aromatic carbocycles. The first-order valence-corrected chi connectivity index (χ1v) is 7.71. The van der Waals surface area contributed by atoms with Gasteiger partial charge in [0.2, 0.25) is 5.75 Å². The van der Waals surface area contributed by atoms with Crippen molar-refractivity contribution >= 4 is 21.8 Å². The predicted molar refractivity (Wildman–Crippen MR) is 91.4 cm³/mol. The summed E-state index contributed by atoms with van der Waals surface area (Å²) in [6, 6.07) is 11.1. The van der Waals surface area contributed by atoms with Crippen LogP contribution in [0.4, 0.5) is 0 Å². The van der Waals surface area contributed by atoms with Crippen molar-refractivity contribution in [1.29, 1.82) is 0 Å². The van der Waals surface area contributed by atoms with E-state index in [1.54, 1.807) is 12.1 Å². The minimum Gasteiger partial charge on any atom is -0.493 e. The smallest absolute Gasteiger partial charge is 0.255 e. The zero-order chi connectivity index (χ0) is 16.8. The maximum absolute atomic E-state index is 12.5. The van der Waals surface area contributed by atoms with E-state index in [2.05, 4.69) is 21.2 Å². The van der Waals surface area contributed by atoms with Crippen molar-refractivity contribution in [2.45, 2.75) is 6.54 Å². The number of amides is 1. The number of ether oxygens (including phenoxy) is 3. The number of carbonyl (C=O) groups excluding carboxylic acids is 1. The minimum atomic E-state index is -0.247. The number of nitrogens with one attached hydrogen (secondary N) is 1. The van der Waals surface area contributed by atoms with Crippen LogP contribution in [-0.2, 0) is 6.54 Å². The molecule has 0 saturated carbocycles. The Balaban J connectivity index is 2.22. The monoisotopic (exact) mass is 379 g/mol. The molecule has 2 aromatic rings. The van der Waals surface area contributed by atoms with Crippen molar-refractivity contribution in [3.63, 3.8) is 0 Å². The van der Waals surface area contributed by atoms with Crippen LogP contribution in [-0.4, -0.2) is 27.2 Å². The zero-order valence-corrected chi connectivity index (χ0v) is 14.8. The summed E-state index contributed by atoms with van der Waals surface area (Å²) in [5.74, 6) is 0.999. The van der Waals surface area contributed by atoms with E-state index in [1.807, 2.05) is 24.3 Å². The molecule has 1 N–H and O–H groups in total. The van der Waals surface area contributed by atoms with Crippen LogP contribution in [0.5, 0.6) is 17.2 Å². The Morgan fingerprint density at radius 2 is 1.78 bits per heavy atom. The van der Waals surface area contributed by atoms with Crippen LogP contribution in [0.2, 0.25) is 0 Å². The summed E-state index contributed by atoms with van der Waals surface area (Å²) in [4.78, 5) is 12.5. The highest BCUT2D eigenvalue weighted by molar-refractivity contribution is 9.10. The molecule has 0 radical (unpaired) electrons. The molecule has 0 aliphatic heterocycles. The lowest BCUT2D eigenvalue weighted by Gasteiger charge is -2.15. The lowest BCUT2D eigenvalue weighted by molar-refractivity contribution is 0.0947. The second-order valence-electron chi connectivity index (χ2n) is 4.69. The van der Waals surface area contributed by atoms with Crippen LogP contribution in [0.1, 0.15) is 15.9 Å². The van der Waals surface area contributed by atoms with Gasteiger partial charge in [0, 0.05) is 11.0 Å². The number of rotatable bonds is 6. The number of halogens is 1. The van der Waals surface area contributed by atoms with Gasteiger partial charge in [0.05, 0.1) is 26.9 Å². The Labute approximate surface area is 143 Å². The predicted octanol–water partition coefficient (Wildman–Crippen LogP) is 3.40. The number of hydrogen-bond donors (Lipinski definition) is 1. The van der Waals surface area contributed by atoms with Crippen molar-refractivity contribution in [2.75, 3.05) is 21.3 Å². The Morgan fingerprint density at radius 1 is 1.04 bits per heavy atom. The van der Waals surface area contributed by atoms with Crippen LogP contribution in [0.3, 0.4) is 0 Å². The van der Waals surface area contributed by atoms with E-state index in [1.165, 1.54) is 21.3 Å². The van der Waals surface area contributed by atoms with Gasteiger partial charge in [-0.2, -0.15) is 0 Å².